The molecule has 5 aliphatic rings. The van der Waals surface area contributed by atoms with Crippen LogP contribution in [0.3, 0.4) is 0 Å². The first-order valence-corrected chi connectivity index (χ1v) is 21.3. The normalized spacial score (nSPS) is 34.7. The first-order valence-electron chi connectivity index (χ1n) is 21.3. The van der Waals surface area contributed by atoms with Crippen molar-refractivity contribution >= 4 is 30.0 Å². The van der Waals surface area contributed by atoms with Crippen LogP contribution in [-0.4, -0.2) is 119 Å². The van der Waals surface area contributed by atoms with Gasteiger partial charge in [-0.15, -0.1) is 0 Å². The van der Waals surface area contributed by atoms with Crippen LogP contribution < -0.4 is 5.32 Å². The quantitative estimate of drug-likeness (QED) is 0.145. The van der Waals surface area contributed by atoms with Gasteiger partial charge >= 0.3 is 30.0 Å². The van der Waals surface area contributed by atoms with Crippen molar-refractivity contribution in [2.45, 2.75) is 167 Å². The second-order valence-corrected chi connectivity index (χ2v) is 19.5. The first-order chi connectivity index (χ1) is 28.8. The van der Waals surface area contributed by atoms with Gasteiger partial charge in [-0.25, -0.2) is 14.4 Å². The number of alkyl carbamates (subject to hydrolysis) is 1. The number of benzene rings is 1. The van der Waals surface area contributed by atoms with Gasteiger partial charge in [-0.2, -0.15) is 0 Å². The molecule has 16 nitrogen and oxygen atoms in total. The zero-order valence-electron chi connectivity index (χ0n) is 37.6. The fraction of sp³-hybridized carbons (Fsp3) is 0.674. The number of rotatable bonds is 12. The van der Waals surface area contributed by atoms with Crippen LogP contribution in [0.5, 0.6) is 0 Å². The summed E-state index contributed by atoms with van der Waals surface area (Å²) < 4.78 is 50.5. The van der Waals surface area contributed by atoms with Crippen molar-refractivity contribution in [1.82, 2.24) is 5.32 Å². The Kier molecular flexibility index (Phi) is 12.9. The molecule has 6 rings (SSSR count). The third-order valence-electron chi connectivity index (χ3n) is 13.3. The van der Waals surface area contributed by atoms with Gasteiger partial charge in [-0.05, 0) is 83.2 Å². The summed E-state index contributed by atoms with van der Waals surface area (Å²) in [6, 6.07) is 7.11. The number of nitrogens with one attached hydrogen (secondary N) is 1. The van der Waals surface area contributed by atoms with Crippen molar-refractivity contribution in [1.29, 1.82) is 0 Å². The Morgan fingerprint density at radius 3 is 2.18 bits per heavy atom. The SMILES string of the molecule is C=C[C@H]1O[C@H]2C[C@H]3OC[C@@]3(OC(C)=O)[C@H]3[C@H](OC(=O)c4ccccc4)[C@]4(C(C)(C)O)C[C@H](OC(=O)[C@H](O)[C@H](CC(C)C)NC(=O)OC(C)(C)C)C(C)=C4[C@H](OC(C)=O)[C@H](O1)[C@]23C. The van der Waals surface area contributed by atoms with Crippen molar-refractivity contribution in [3.05, 3.63) is 59.7 Å². The van der Waals surface area contributed by atoms with Crippen LogP contribution in [0.4, 0.5) is 4.79 Å². The van der Waals surface area contributed by atoms with E-state index in [1.807, 2.05) is 20.8 Å². The Labute approximate surface area is 362 Å². The summed E-state index contributed by atoms with van der Waals surface area (Å²) in [5.41, 5.74) is -6.62. The van der Waals surface area contributed by atoms with Crippen molar-refractivity contribution in [3.8, 4) is 0 Å². The molecule has 0 unspecified atom stereocenters. The highest BCUT2D eigenvalue weighted by Crippen LogP contribution is 2.70. The Balaban J connectivity index is 1.58. The third-order valence-corrected chi connectivity index (χ3v) is 13.3. The largest absolute Gasteiger partial charge is 0.457 e. The van der Waals surface area contributed by atoms with Crippen LogP contribution in [0.25, 0.3) is 0 Å². The highest BCUT2D eigenvalue weighted by molar-refractivity contribution is 5.89. The summed E-state index contributed by atoms with van der Waals surface area (Å²) in [4.78, 5) is 68.3. The van der Waals surface area contributed by atoms with Gasteiger partial charge in [-0.1, -0.05) is 45.5 Å². The molecule has 1 aromatic carbocycles. The lowest BCUT2D eigenvalue weighted by atomic mass is 9.49. The Bertz CT molecular complexity index is 1950. The molecule has 2 saturated heterocycles. The summed E-state index contributed by atoms with van der Waals surface area (Å²) in [6.45, 7) is 21.6. The maximum atomic E-state index is 14.6. The molecule has 2 heterocycles. The maximum Gasteiger partial charge on any atom is 0.407 e. The summed E-state index contributed by atoms with van der Waals surface area (Å²) >= 11 is 0. The van der Waals surface area contributed by atoms with Gasteiger partial charge in [-0.3, -0.25) is 9.59 Å². The zero-order chi connectivity index (χ0) is 45.9. The lowest BCUT2D eigenvalue weighted by Crippen LogP contribution is -2.80. The molecule has 62 heavy (non-hydrogen) atoms. The highest BCUT2D eigenvalue weighted by atomic mass is 16.7. The van der Waals surface area contributed by atoms with Crippen LogP contribution in [0, 0.1) is 22.7 Å². The molecule has 2 aliphatic heterocycles. The number of carbonyl (C=O) groups excluding carboxylic acids is 5. The van der Waals surface area contributed by atoms with E-state index in [0.717, 1.165) is 0 Å². The number of esters is 4. The maximum absolute atomic E-state index is 14.6. The van der Waals surface area contributed by atoms with Crippen molar-refractivity contribution in [2.24, 2.45) is 22.7 Å². The number of carbonyl (C=O) groups is 5. The monoisotopic (exact) mass is 869 g/mol. The van der Waals surface area contributed by atoms with Gasteiger partial charge < -0.3 is 53.4 Å². The molecule has 13 atom stereocenters. The molecular weight excluding hydrogens is 806 g/mol. The number of aliphatic hydroxyl groups is 2. The molecule has 0 aromatic heterocycles. The second kappa shape index (κ2) is 17.0. The molecule has 16 heteroatoms. The van der Waals surface area contributed by atoms with Crippen LogP contribution in [0.1, 0.15) is 106 Å². The second-order valence-electron chi connectivity index (χ2n) is 19.5. The highest BCUT2D eigenvalue weighted by Gasteiger charge is 2.81. The van der Waals surface area contributed by atoms with Gasteiger partial charge in [0.2, 0.25) is 0 Å². The molecule has 2 saturated carbocycles. The molecule has 0 radical (unpaired) electrons. The van der Waals surface area contributed by atoms with Crippen molar-refractivity contribution in [2.75, 3.05) is 6.61 Å². The first kappa shape index (κ1) is 47.1. The van der Waals surface area contributed by atoms with E-state index in [-0.39, 0.29) is 42.9 Å². The lowest BCUT2D eigenvalue weighted by Gasteiger charge is -2.67. The molecule has 1 amide bonds. The average Bonchev–Trinajstić information content (AvgIpc) is 3.41. The molecule has 4 fully saturated rings. The number of hydrogen-bond acceptors (Lipinski definition) is 15. The molecule has 3 N–H and O–H groups in total. The molecule has 3 aliphatic carbocycles. The Morgan fingerprint density at radius 1 is 0.984 bits per heavy atom. The van der Waals surface area contributed by atoms with E-state index in [1.165, 1.54) is 33.8 Å². The molecule has 342 valence electrons. The van der Waals surface area contributed by atoms with Gasteiger partial charge in [0.15, 0.2) is 24.1 Å². The third kappa shape index (κ3) is 8.28. The minimum absolute atomic E-state index is 0.0845. The summed E-state index contributed by atoms with van der Waals surface area (Å²) in [5, 5.41) is 27.1. The minimum atomic E-state index is -1.91. The predicted octanol–water partition coefficient (Wildman–Crippen LogP) is 4.87. The van der Waals surface area contributed by atoms with Gasteiger partial charge in [0.1, 0.15) is 30.0 Å². The predicted molar refractivity (Wildman–Crippen MR) is 220 cm³/mol. The molecule has 1 aromatic rings. The minimum Gasteiger partial charge on any atom is -0.457 e. The zero-order valence-corrected chi connectivity index (χ0v) is 37.6. The van der Waals surface area contributed by atoms with Crippen molar-refractivity contribution < 1.29 is 72.1 Å². The van der Waals surface area contributed by atoms with Gasteiger partial charge in [0, 0.05) is 32.1 Å². The molecular formula is C46H63NO15. The fourth-order valence-corrected chi connectivity index (χ4v) is 10.8. The van der Waals surface area contributed by atoms with E-state index in [2.05, 4.69) is 11.9 Å². The Hall–Kier alpha value is -4.35. The lowest BCUT2D eigenvalue weighted by molar-refractivity contribution is -0.392. The van der Waals surface area contributed by atoms with Gasteiger partial charge in [0.25, 0.3) is 0 Å². The average molecular weight is 870 g/mol. The topological polar surface area (TPSA) is 212 Å². The molecule has 0 spiro atoms. The number of aliphatic hydroxyl groups excluding tert-OH is 1. The summed E-state index contributed by atoms with van der Waals surface area (Å²) in [5.74, 6) is -4.40. The fourth-order valence-electron chi connectivity index (χ4n) is 10.8. The van der Waals surface area contributed by atoms with E-state index in [9.17, 15) is 34.2 Å². The number of ether oxygens (including phenoxy) is 8. The van der Waals surface area contributed by atoms with E-state index in [0.29, 0.717) is 5.57 Å². The smallest absolute Gasteiger partial charge is 0.407 e. The van der Waals surface area contributed by atoms with E-state index >= 15 is 0 Å². The van der Waals surface area contributed by atoms with E-state index < -0.39 is 119 Å². The van der Waals surface area contributed by atoms with E-state index in [4.69, 9.17) is 37.9 Å². The summed E-state index contributed by atoms with van der Waals surface area (Å²) in [7, 11) is 0. The standard InChI is InChI=1S/C46H63NO15/c1-13-32-58-30-20-31-46(22-55-31,61-26(6)49)36-38(60-39(51)27-17-15-14-16-18-27)45(43(10,11)54)21-29(24(4)33(45)35(56-25(5)48)37(59-32)44(30,36)12)57-40(52)34(50)28(19-23(2)3)47-41(53)62-42(7,8)9/h13-18,23,28-32,34-38,50,54H,1,19-22H2,2-12H3,(H,47,53)/t28-,29-,30-,31+,32-,34+,35-,36-,37-,38-,44+,45-,46-/m0/s1. The number of amides is 1. The Morgan fingerprint density at radius 2 is 1.65 bits per heavy atom. The molecule has 0 bridgehead atoms. The number of hydrogen-bond donors (Lipinski definition) is 3. The van der Waals surface area contributed by atoms with Crippen LogP contribution in [-0.2, 0) is 52.3 Å². The summed E-state index contributed by atoms with van der Waals surface area (Å²) in [6.07, 6.45) is -8.88. The van der Waals surface area contributed by atoms with Crippen LogP contribution in [0.15, 0.2) is 54.1 Å². The van der Waals surface area contributed by atoms with Gasteiger partial charge in [0.05, 0.1) is 41.3 Å². The van der Waals surface area contributed by atoms with Crippen LogP contribution >= 0.6 is 0 Å². The van der Waals surface area contributed by atoms with E-state index in [1.54, 1.807) is 58.0 Å². The van der Waals surface area contributed by atoms with Crippen LogP contribution in [0.2, 0.25) is 0 Å². The number of fused-ring (bicyclic) bond motifs is 3. The van der Waals surface area contributed by atoms with Crippen molar-refractivity contribution in [3.63, 3.8) is 0 Å².